The zero-order valence-electron chi connectivity index (χ0n) is 13.4. The number of furan rings is 1. The third-order valence-corrected chi connectivity index (χ3v) is 4.29. The number of aliphatic hydroxyl groups excluding tert-OH is 1. The number of piperazine rings is 1. The zero-order valence-corrected chi connectivity index (χ0v) is 13.4. The summed E-state index contributed by atoms with van der Waals surface area (Å²) in [5.74, 6) is 1.33. The number of β-amino-alcohol motifs (C(OH)–C–C–N with tert-alkyl or cyclic N) is 1. The van der Waals surface area contributed by atoms with Gasteiger partial charge in [-0.1, -0.05) is 12.1 Å². The van der Waals surface area contributed by atoms with Crippen LogP contribution in [0.4, 0.5) is 5.69 Å². The Morgan fingerprint density at radius 2 is 1.79 bits per heavy atom. The van der Waals surface area contributed by atoms with Crippen LogP contribution in [0.3, 0.4) is 0 Å². The van der Waals surface area contributed by atoms with Crippen LogP contribution in [-0.2, 0) is 6.54 Å². The van der Waals surface area contributed by atoms with Gasteiger partial charge in [0, 0.05) is 38.8 Å². The molecular weight excluding hydrogens is 310 g/mol. The quantitative estimate of drug-likeness (QED) is 0.643. The molecule has 2 aromatic rings. The summed E-state index contributed by atoms with van der Waals surface area (Å²) in [6, 6.07) is 10.3. The summed E-state index contributed by atoms with van der Waals surface area (Å²) in [5, 5.41) is 20.1. The molecule has 1 aromatic heterocycles. The fourth-order valence-electron chi connectivity index (χ4n) is 2.98. The van der Waals surface area contributed by atoms with Gasteiger partial charge in [-0.2, -0.15) is 0 Å². The van der Waals surface area contributed by atoms with Gasteiger partial charge >= 0.3 is 0 Å². The largest absolute Gasteiger partial charge is 0.459 e. The highest BCUT2D eigenvalue weighted by Gasteiger charge is 2.20. The molecule has 0 spiro atoms. The van der Waals surface area contributed by atoms with Gasteiger partial charge in [-0.15, -0.1) is 0 Å². The van der Waals surface area contributed by atoms with Crippen LogP contribution in [0.15, 0.2) is 40.8 Å². The molecule has 0 aliphatic carbocycles. The van der Waals surface area contributed by atoms with Crippen LogP contribution in [0.5, 0.6) is 0 Å². The predicted molar refractivity (Wildman–Crippen MR) is 89.6 cm³/mol. The van der Waals surface area contributed by atoms with Gasteiger partial charge < -0.3 is 9.52 Å². The molecule has 2 heterocycles. The lowest BCUT2D eigenvalue weighted by atomic mass is 10.1. The van der Waals surface area contributed by atoms with E-state index in [9.17, 15) is 10.1 Å². The lowest BCUT2D eigenvalue weighted by Crippen LogP contribution is -2.46. The van der Waals surface area contributed by atoms with E-state index in [1.165, 1.54) is 6.07 Å². The van der Waals surface area contributed by atoms with E-state index in [2.05, 4.69) is 9.80 Å². The van der Waals surface area contributed by atoms with Gasteiger partial charge in [0.1, 0.15) is 11.5 Å². The van der Waals surface area contributed by atoms with E-state index in [-0.39, 0.29) is 12.3 Å². The Bertz CT molecular complexity index is 693. The molecule has 7 nitrogen and oxygen atoms in total. The number of hydrogen-bond acceptors (Lipinski definition) is 6. The van der Waals surface area contributed by atoms with Crippen LogP contribution in [0.2, 0.25) is 0 Å². The topological polar surface area (TPSA) is 83.0 Å². The van der Waals surface area contributed by atoms with Crippen molar-refractivity contribution in [2.24, 2.45) is 0 Å². The number of para-hydroxylation sites is 1. The van der Waals surface area contributed by atoms with Crippen LogP contribution in [0.1, 0.15) is 5.76 Å². The minimum atomic E-state index is -0.391. The molecule has 0 atom stereocenters. The molecule has 24 heavy (non-hydrogen) atoms. The highest BCUT2D eigenvalue weighted by Crippen LogP contribution is 2.31. The zero-order chi connectivity index (χ0) is 16.9. The second kappa shape index (κ2) is 7.57. The number of aliphatic hydroxyl groups is 1. The minimum Gasteiger partial charge on any atom is -0.459 e. The molecule has 0 bridgehead atoms. The van der Waals surface area contributed by atoms with Crippen LogP contribution in [0, 0.1) is 10.1 Å². The summed E-state index contributed by atoms with van der Waals surface area (Å²) in [7, 11) is 0. The van der Waals surface area contributed by atoms with Crippen molar-refractivity contribution in [2.45, 2.75) is 6.54 Å². The molecule has 1 aliphatic rings. The summed E-state index contributed by atoms with van der Waals surface area (Å²) < 4.78 is 5.84. The maximum absolute atomic E-state index is 11.1. The van der Waals surface area contributed by atoms with Crippen molar-refractivity contribution < 1.29 is 14.4 Å². The number of nitro benzene ring substituents is 1. The lowest BCUT2D eigenvalue weighted by molar-refractivity contribution is -0.384. The van der Waals surface area contributed by atoms with E-state index in [0.29, 0.717) is 17.9 Å². The van der Waals surface area contributed by atoms with Crippen LogP contribution >= 0.6 is 0 Å². The van der Waals surface area contributed by atoms with Gasteiger partial charge in [0.25, 0.3) is 5.69 Å². The Kier molecular flexibility index (Phi) is 5.24. The average molecular weight is 331 g/mol. The molecule has 128 valence electrons. The van der Waals surface area contributed by atoms with E-state index in [1.807, 2.05) is 6.07 Å². The fourth-order valence-corrected chi connectivity index (χ4v) is 2.98. The van der Waals surface area contributed by atoms with E-state index in [0.717, 1.165) is 38.5 Å². The Hall–Kier alpha value is -2.22. The van der Waals surface area contributed by atoms with E-state index >= 15 is 0 Å². The van der Waals surface area contributed by atoms with Crippen molar-refractivity contribution >= 4 is 5.69 Å². The third kappa shape index (κ3) is 3.81. The molecule has 3 rings (SSSR count). The molecule has 0 unspecified atom stereocenters. The molecule has 1 fully saturated rings. The summed E-state index contributed by atoms with van der Waals surface area (Å²) in [6.07, 6.45) is 0. The summed E-state index contributed by atoms with van der Waals surface area (Å²) in [5.41, 5.74) is 0.553. The maximum Gasteiger partial charge on any atom is 0.280 e. The van der Waals surface area contributed by atoms with Gasteiger partial charge in [-0.25, -0.2) is 0 Å². The molecule has 1 aromatic carbocycles. The first-order valence-corrected chi connectivity index (χ1v) is 8.05. The highest BCUT2D eigenvalue weighted by molar-refractivity contribution is 5.69. The summed E-state index contributed by atoms with van der Waals surface area (Å²) >= 11 is 0. The van der Waals surface area contributed by atoms with Crippen molar-refractivity contribution in [3.63, 3.8) is 0 Å². The Morgan fingerprint density at radius 3 is 2.50 bits per heavy atom. The molecule has 0 amide bonds. The predicted octanol–water partition coefficient (Wildman–Crippen LogP) is 1.96. The van der Waals surface area contributed by atoms with Gasteiger partial charge in [0.2, 0.25) is 0 Å². The van der Waals surface area contributed by atoms with Crippen molar-refractivity contribution in [3.8, 4) is 11.3 Å². The van der Waals surface area contributed by atoms with Crippen molar-refractivity contribution in [1.82, 2.24) is 9.80 Å². The number of nitrogens with zero attached hydrogens (tertiary/aromatic N) is 3. The standard InChI is InChI=1S/C17H21N3O4/c21-12-11-18-7-9-19(10-8-18)13-14-5-6-17(24-14)15-3-1-2-4-16(15)20(22)23/h1-6,21H,7-13H2. The van der Waals surface area contributed by atoms with Crippen molar-refractivity contribution in [3.05, 3.63) is 52.3 Å². The Balaban J connectivity index is 1.66. The molecular formula is C17H21N3O4. The minimum absolute atomic E-state index is 0.0519. The SMILES string of the molecule is O=[N+]([O-])c1ccccc1-c1ccc(CN2CCN(CCO)CC2)o1. The lowest BCUT2D eigenvalue weighted by Gasteiger charge is -2.33. The molecule has 1 aliphatic heterocycles. The van der Waals surface area contributed by atoms with Crippen LogP contribution in [-0.4, -0.2) is 59.2 Å². The molecule has 1 saturated heterocycles. The van der Waals surface area contributed by atoms with Crippen LogP contribution < -0.4 is 0 Å². The number of rotatable bonds is 6. The summed E-state index contributed by atoms with van der Waals surface area (Å²) in [4.78, 5) is 15.3. The fraction of sp³-hybridized carbons (Fsp3) is 0.412. The second-order valence-corrected chi connectivity index (χ2v) is 5.88. The maximum atomic E-state index is 11.1. The first-order chi connectivity index (χ1) is 11.7. The number of benzene rings is 1. The first kappa shape index (κ1) is 16.6. The highest BCUT2D eigenvalue weighted by atomic mass is 16.6. The molecule has 0 saturated carbocycles. The van der Waals surface area contributed by atoms with Gasteiger partial charge in [-0.05, 0) is 18.2 Å². The van der Waals surface area contributed by atoms with Crippen LogP contribution in [0.25, 0.3) is 11.3 Å². The van der Waals surface area contributed by atoms with E-state index in [4.69, 9.17) is 9.52 Å². The monoisotopic (exact) mass is 331 g/mol. The molecule has 0 radical (unpaired) electrons. The first-order valence-electron chi connectivity index (χ1n) is 8.05. The molecule has 7 heteroatoms. The molecule has 1 N–H and O–H groups in total. The number of nitro groups is 1. The van der Waals surface area contributed by atoms with Crippen molar-refractivity contribution in [2.75, 3.05) is 39.3 Å². The third-order valence-electron chi connectivity index (χ3n) is 4.29. The second-order valence-electron chi connectivity index (χ2n) is 5.88. The normalized spacial score (nSPS) is 16.4. The van der Waals surface area contributed by atoms with Crippen molar-refractivity contribution in [1.29, 1.82) is 0 Å². The average Bonchev–Trinajstić information content (AvgIpc) is 3.05. The smallest absolute Gasteiger partial charge is 0.280 e. The summed E-state index contributed by atoms with van der Waals surface area (Å²) in [6.45, 7) is 5.29. The van der Waals surface area contributed by atoms with Gasteiger partial charge in [-0.3, -0.25) is 19.9 Å². The number of hydrogen-bond donors (Lipinski definition) is 1. The van der Waals surface area contributed by atoms with E-state index in [1.54, 1.807) is 24.3 Å². The Morgan fingerprint density at radius 1 is 1.08 bits per heavy atom. The van der Waals surface area contributed by atoms with Gasteiger partial charge in [0.05, 0.1) is 23.6 Å². The van der Waals surface area contributed by atoms with Gasteiger partial charge in [0.15, 0.2) is 0 Å². The Labute approximate surface area is 140 Å². The van der Waals surface area contributed by atoms with E-state index < -0.39 is 4.92 Å².